The van der Waals surface area contributed by atoms with Gasteiger partial charge in [-0.2, -0.15) is 0 Å². The molecule has 0 spiro atoms. The minimum Gasteiger partial charge on any atom is -0.356 e. The van der Waals surface area contributed by atoms with Crippen LogP contribution in [0.2, 0.25) is 0 Å². The van der Waals surface area contributed by atoms with Gasteiger partial charge in [0.1, 0.15) is 0 Å². The van der Waals surface area contributed by atoms with Gasteiger partial charge in [-0.3, -0.25) is 0 Å². The zero-order chi connectivity index (χ0) is 14.3. The molecule has 0 amide bonds. The number of hydrogen-bond acceptors (Lipinski definition) is 11. The molecular weight excluding hydrogens is 398 g/mol. The van der Waals surface area contributed by atoms with Crippen LogP contribution in [0.3, 0.4) is 0 Å². The molecule has 0 atom stereocenters. The van der Waals surface area contributed by atoms with E-state index < -0.39 is 20.3 Å². The summed E-state index contributed by atoms with van der Waals surface area (Å²) in [6.45, 7) is 0. The second-order valence-electron chi connectivity index (χ2n) is 0.909. The number of rotatable bonds is 0. The number of hydrogen-bond donors (Lipinski definition) is 1. The van der Waals surface area contributed by atoms with Crippen molar-refractivity contribution in [1.29, 1.82) is 0 Å². The van der Waals surface area contributed by atoms with Crippen molar-refractivity contribution >= 4 is 0 Å². The maximum Gasteiger partial charge on any atom is 3.00 e. The van der Waals surface area contributed by atoms with Crippen LogP contribution in [-0.4, -0.2) is 25.6 Å². The van der Waals surface area contributed by atoms with Crippen LogP contribution < -0.4 is 0 Å². The van der Waals surface area contributed by atoms with Crippen molar-refractivity contribution in [3.63, 3.8) is 0 Å². The van der Waals surface area contributed by atoms with Crippen LogP contribution in [0.15, 0.2) is 0 Å². The monoisotopic (exact) mass is 401 g/mol. The Kier molecular flexibility index (Phi) is 41.1. The van der Waals surface area contributed by atoms with E-state index in [1.807, 2.05) is 0 Å². The van der Waals surface area contributed by atoms with Gasteiger partial charge < -0.3 is 51.2 Å². The smallest absolute Gasteiger partial charge is 0.356 e. The molecule has 0 unspecified atom stereocenters. The minimum absolute atomic E-state index is 0. The Morgan fingerprint density at radius 2 is 0.588 bits per heavy atom. The fourth-order valence-electron chi connectivity index (χ4n) is 0. The summed E-state index contributed by atoms with van der Waals surface area (Å²) < 4.78 is 0. The van der Waals surface area contributed by atoms with Gasteiger partial charge in [0.15, 0.2) is 0 Å². The molecule has 0 bridgehead atoms. The van der Waals surface area contributed by atoms with E-state index in [-0.39, 0.29) is 40.4 Å². The number of nitrogens with zero attached hydrogens (tertiary/aromatic N) is 4. The summed E-state index contributed by atoms with van der Waals surface area (Å²) in [5.74, 6) is 0. The molecule has 99 valence electrons. The first-order valence-electron chi connectivity index (χ1n) is 2.21. The van der Waals surface area contributed by atoms with Crippen molar-refractivity contribution in [3.05, 3.63) is 56.1 Å². The minimum atomic E-state index is -1.75. The molecule has 0 aliphatic rings. The SMILES string of the molecule is O=[N+]([O-])O.O=[N+]([O-])[O-].O=[N+]([O-])[O-].O=[N+]([O-])[O-].[Sm+3]. The third kappa shape index (κ3) is 601. The van der Waals surface area contributed by atoms with Crippen molar-refractivity contribution in [2.75, 3.05) is 0 Å². The van der Waals surface area contributed by atoms with E-state index in [2.05, 4.69) is 0 Å². The van der Waals surface area contributed by atoms with Gasteiger partial charge in [-0.15, -0.1) is 10.1 Å². The van der Waals surface area contributed by atoms with Crippen molar-refractivity contribution in [2.24, 2.45) is 0 Å². The summed E-state index contributed by atoms with van der Waals surface area (Å²) in [6.07, 6.45) is 0. The molecule has 0 aromatic carbocycles. The van der Waals surface area contributed by atoms with Crippen LogP contribution in [0.4, 0.5) is 0 Å². The Morgan fingerprint density at radius 1 is 0.588 bits per heavy atom. The van der Waals surface area contributed by atoms with Gasteiger partial charge in [-0.25, -0.2) is 0 Å². The molecule has 16 nitrogen and oxygen atoms in total. The first-order valence-corrected chi connectivity index (χ1v) is 2.21. The fraction of sp³-hybridized carbons (Fsp3) is 0. The molecule has 0 saturated carbocycles. The van der Waals surface area contributed by atoms with Gasteiger partial charge in [0.05, 0.1) is 15.3 Å². The third-order valence-electron chi connectivity index (χ3n) is 0. The molecule has 0 fully saturated rings. The van der Waals surface area contributed by atoms with Crippen LogP contribution in [0, 0.1) is 96.5 Å². The molecule has 0 aromatic rings. The second kappa shape index (κ2) is 23.7. The Labute approximate surface area is 122 Å². The largest absolute Gasteiger partial charge is 3.00 e. The Hall–Kier alpha value is -1.86. The van der Waals surface area contributed by atoms with Crippen LogP contribution in [0.1, 0.15) is 0 Å². The molecule has 17 heteroatoms. The summed E-state index contributed by atoms with van der Waals surface area (Å²) in [5.41, 5.74) is 0. The maximum atomic E-state index is 8.36. The molecular formula is HN4O12Sm. The summed E-state index contributed by atoms with van der Waals surface area (Å²) in [7, 11) is 0. The van der Waals surface area contributed by atoms with Crippen LogP contribution >= 0.6 is 0 Å². The molecule has 0 saturated heterocycles. The van der Waals surface area contributed by atoms with Gasteiger partial charge in [0, 0.05) is 0 Å². The average molecular weight is 399 g/mol. The van der Waals surface area contributed by atoms with Crippen LogP contribution in [-0.2, 0) is 0 Å². The first-order chi connectivity index (χ1) is 6.93. The molecule has 0 rings (SSSR count). The van der Waals surface area contributed by atoms with Crippen molar-refractivity contribution in [1.82, 2.24) is 0 Å². The fourth-order valence-corrected chi connectivity index (χ4v) is 0. The third-order valence-corrected chi connectivity index (χ3v) is 0. The molecule has 1 radical (unpaired) electrons. The molecule has 17 heavy (non-hydrogen) atoms. The van der Waals surface area contributed by atoms with E-state index in [9.17, 15) is 0 Å². The van der Waals surface area contributed by atoms with E-state index in [1.165, 1.54) is 0 Å². The molecule has 0 aliphatic heterocycles. The predicted octanol–water partition coefficient (Wildman–Crippen LogP) is -1.06. The van der Waals surface area contributed by atoms with E-state index in [0.717, 1.165) is 0 Å². The van der Waals surface area contributed by atoms with Gasteiger partial charge in [0.2, 0.25) is 0 Å². The van der Waals surface area contributed by atoms with Gasteiger partial charge in [-0.05, 0) is 0 Å². The topological polar surface area (TPSA) is 262 Å². The standard InChI is InChI=1S/HNO3.3NO3.Sm/c4*2-1(3)4;/h(H,2,3,4);;;;/q;3*-1;+3. The van der Waals surface area contributed by atoms with E-state index in [1.54, 1.807) is 0 Å². The summed E-state index contributed by atoms with van der Waals surface area (Å²) in [5, 5.41) is 57.9. The Balaban J connectivity index is -0.0000000369. The van der Waals surface area contributed by atoms with Crippen molar-refractivity contribution in [2.45, 2.75) is 0 Å². The first kappa shape index (κ1) is 29.4. The summed E-state index contributed by atoms with van der Waals surface area (Å²) >= 11 is 0. The van der Waals surface area contributed by atoms with Gasteiger partial charge in [0.25, 0.3) is 5.09 Å². The van der Waals surface area contributed by atoms with Crippen LogP contribution in [0.25, 0.3) is 0 Å². The normalized spacial score (nSPS) is 5.65. The van der Waals surface area contributed by atoms with E-state index in [0.29, 0.717) is 0 Å². The van der Waals surface area contributed by atoms with E-state index >= 15 is 0 Å². The summed E-state index contributed by atoms with van der Waals surface area (Å²) in [4.78, 5) is 33.1. The zero-order valence-corrected chi connectivity index (χ0v) is 9.75. The zero-order valence-electron chi connectivity index (χ0n) is 7.14. The van der Waals surface area contributed by atoms with Crippen LogP contribution in [0.5, 0.6) is 0 Å². The maximum absolute atomic E-state index is 8.36. The van der Waals surface area contributed by atoms with Crippen molar-refractivity contribution < 1.29 is 65.9 Å². The predicted molar refractivity (Wildman–Crippen MR) is 39.9 cm³/mol. The van der Waals surface area contributed by atoms with Gasteiger partial charge in [-0.1, -0.05) is 0 Å². The van der Waals surface area contributed by atoms with Gasteiger partial charge >= 0.3 is 40.4 Å². The Bertz CT molecular complexity index is 159. The summed E-state index contributed by atoms with van der Waals surface area (Å²) in [6, 6.07) is 0. The molecule has 0 heterocycles. The second-order valence-corrected chi connectivity index (χ2v) is 0.909. The average Bonchev–Trinajstić information content (AvgIpc) is 1.76. The molecule has 0 aliphatic carbocycles. The Morgan fingerprint density at radius 3 is 0.588 bits per heavy atom. The molecule has 0 aromatic heterocycles. The molecule has 1 N–H and O–H groups in total. The quantitative estimate of drug-likeness (QED) is 0.377. The van der Waals surface area contributed by atoms with Crippen molar-refractivity contribution in [3.8, 4) is 0 Å². The van der Waals surface area contributed by atoms with E-state index in [4.69, 9.17) is 61.3 Å².